The summed E-state index contributed by atoms with van der Waals surface area (Å²) in [7, 11) is 1.07. The van der Waals surface area contributed by atoms with Gasteiger partial charge in [-0.25, -0.2) is 19.7 Å². The minimum absolute atomic E-state index is 0.0144. The van der Waals surface area contributed by atoms with Gasteiger partial charge in [0.25, 0.3) is 0 Å². The number of carboxylic acids is 1. The van der Waals surface area contributed by atoms with Gasteiger partial charge >= 0.3 is 18.1 Å². The van der Waals surface area contributed by atoms with Crippen molar-refractivity contribution in [3.05, 3.63) is 71.4 Å². The van der Waals surface area contributed by atoms with Gasteiger partial charge in [-0.1, -0.05) is 23.7 Å². The molecule has 0 saturated carbocycles. The fourth-order valence-corrected chi connectivity index (χ4v) is 3.88. The number of nitrogens with one attached hydrogen (secondary N) is 1. The van der Waals surface area contributed by atoms with Crippen molar-refractivity contribution in [3.8, 4) is 11.3 Å². The number of halogens is 4. The molecule has 0 aliphatic carbocycles. The molecule has 0 aliphatic rings. The molecular formula is C27H24ClF3N4O6. The first-order valence-electron chi connectivity index (χ1n) is 12.1. The minimum Gasteiger partial charge on any atom is -0.481 e. The third-order valence-electron chi connectivity index (χ3n) is 5.70. The summed E-state index contributed by atoms with van der Waals surface area (Å²) in [6.45, 7) is 0. The fraction of sp³-hybridized carbons (Fsp3) is 0.259. The van der Waals surface area contributed by atoms with Gasteiger partial charge in [-0.2, -0.15) is 13.2 Å². The molecule has 1 heterocycles. The molecule has 0 saturated heterocycles. The maximum absolute atomic E-state index is 13.4. The predicted octanol–water partition coefficient (Wildman–Crippen LogP) is 4.78. The molecule has 2 aromatic carbocycles. The Bertz CT molecular complexity index is 1420. The van der Waals surface area contributed by atoms with Crippen LogP contribution in [0, 0.1) is 0 Å². The van der Waals surface area contributed by atoms with Crippen molar-refractivity contribution < 1.29 is 42.2 Å². The van der Waals surface area contributed by atoms with E-state index in [0.717, 1.165) is 36.3 Å². The summed E-state index contributed by atoms with van der Waals surface area (Å²) in [6.07, 6.45) is -4.79. The Morgan fingerprint density at radius 2 is 1.76 bits per heavy atom. The average molecular weight is 593 g/mol. The van der Waals surface area contributed by atoms with E-state index in [4.69, 9.17) is 16.7 Å². The van der Waals surface area contributed by atoms with Crippen molar-refractivity contribution in [1.82, 2.24) is 15.3 Å². The zero-order valence-electron chi connectivity index (χ0n) is 21.5. The number of anilines is 2. The summed E-state index contributed by atoms with van der Waals surface area (Å²) >= 11 is 6.07. The Hall–Kier alpha value is -4.52. The van der Waals surface area contributed by atoms with Gasteiger partial charge < -0.3 is 15.2 Å². The number of aliphatic carboxylic acids is 1. The number of amides is 2. The molecule has 10 nitrogen and oxygen atoms in total. The highest BCUT2D eigenvalue weighted by molar-refractivity contribution is 6.30. The molecule has 3 rings (SSSR count). The van der Waals surface area contributed by atoms with Gasteiger partial charge in [-0.15, -0.1) is 0 Å². The van der Waals surface area contributed by atoms with Gasteiger partial charge in [0.05, 0.1) is 24.1 Å². The molecule has 216 valence electrons. The molecule has 14 heteroatoms. The number of hydrogen-bond acceptors (Lipinski definition) is 7. The molecule has 41 heavy (non-hydrogen) atoms. The lowest BCUT2D eigenvalue weighted by atomic mass is 10.1. The highest BCUT2D eigenvalue weighted by atomic mass is 35.5. The predicted molar refractivity (Wildman–Crippen MR) is 141 cm³/mol. The number of ether oxygens (including phenoxy) is 1. The maximum atomic E-state index is 13.4. The van der Waals surface area contributed by atoms with E-state index in [2.05, 4.69) is 20.0 Å². The van der Waals surface area contributed by atoms with E-state index in [0.29, 0.717) is 16.3 Å². The molecule has 0 spiro atoms. The minimum atomic E-state index is -4.61. The summed E-state index contributed by atoms with van der Waals surface area (Å²) in [5, 5.41) is 11.6. The van der Waals surface area contributed by atoms with E-state index in [1.54, 1.807) is 30.3 Å². The third-order valence-corrected chi connectivity index (χ3v) is 5.93. The second-order valence-electron chi connectivity index (χ2n) is 8.60. The second-order valence-corrected chi connectivity index (χ2v) is 9.04. The standard InChI is InChI=1S/C27H24ClF3N4O6/c1-41-25(40)21(9-12-24(38)39)33-22(36)10-11-23(37)35(19-7-5-17(6-8-19)27(29,30)31)26-32-14-13-20(34-26)16-3-2-4-18(28)15-16/h2-8,13-15,21H,9-12H2,1H3,(H,33,36)(H,38,39). The van der Waals surface area contributed by atoms with E-state index >= 15 is 0 Å². The van der Waals surface area contributed by atoms with Gasteiger partial charge in [0.2, 0.25) is 17.8 Å². The first-order valence-corrected chi connectivity index (χ1v) is 12.4. The number of esters is 1. The quantitative estimate of drug-likeness (QED) is 0.303. The molecule has 1 aromatic heterocycles. The zero-order valence-corrected chi connectivity index (χ0v) is 22.3. The monoisotopic (exact) mass is 592 g/mol. The summed E-state index contributed by atoms with van der Waals surface area (Å²) in [5.41, 5.74) is 0.0484. The van der Waals surface area contributed by atoms with Crippen molar-refractivity contribution in [2.24, 2.45) is 0 Å². The van der Waals surface area contributed by atoms with E-state index in [-0.39, 0.29) is 18.1 Å². The van der Waals surface area contributed by atoms with Crippen LogP contribution in [0.15, 0.2) is 60.8 Å². The van der Waals surface area contributed by atoms with Crippen molar-refractivity contribution >= 4 is 47.0 Å². The molecule has 3 aromatic rings. The molecule has 1 unspecified atom stereocenters. The van der Waals surface area contributed by atoms with Gasteiger partial charge in [-0.3, -0.25) is 14.4 Å². The second kappa shape index (κ2) is 13.7. The number of alkyl halides is 3. The lowest BCUT2D eigenvalue weighted by Gasteiger charge is -2.22. The van der Waals surface area contributed by atoms with Crippen LogP contribution in [-0.2, 0) is 30.1 Å². The lowest BCUT2D eigenvalue weighted by Crippen LogP contribution is -2.42. The van der Waals surface area contributed by atoms with Crippen LogP contribution in [0.1, 0.15) is 31.2 Å². The summed E-state index contributed by atoms with van der Waals surface area (Å²) < 4.78 is 44.0. The smallest absolute Gasteiger partial charge is 0.416 e. The van der Waals surface area contributed by atoms with Crippen LogP contribution in [0.5, 0.6) is 0 Å². The highest BCUT2D eigenvalue weighted by Crippen LogP contribution is 2.32. The molecule has 2 N–H and O–H groups in total. The first kappa shape index (κ1) is 31.0. The van der Waals surface area contributed by atoms with Crippen LogP contribution >= 0.6 is 11.6 Å². The van der Waals surface area contributed by atoms with Gasteiger partial charge in [-0.05, 0) is 48.9 Å². The summed E-state index contributed by atoms with van der Waals surface area (Å²) in [6, 6.07) is 10.8. The molecule has 0 aliphatic heterocycles. The number of hydrogen-bond donors (Lipinski definition) is 2. The summed E-state index contributed by atoms with van der Waals surface area (Å²) in [5.74, 6) is -3.69. The number of methoxy groups -OCH3 is 1. The third kappa shape index (κ3) is 8.73. The average Bonchev–Trinajstić information content (AvgIpc) is 2.93. The van der Waals surface area contributed by atoms with E-state index in [9.17, 15) is 32.3 Å². The van der Waals surface area contributed by atoms with E-state index in [1.165, 1.54) is 6.20 Å². The van der Waals surface area contributed by atoms with Gasteiger partial charge in [0, 0.05) is 36.0 Å². The number of carbonyl (C=O) groups excluding carboxylic acids is 3. The molecule has 0 fully saturated rings. The zero-order chi connectivity index (χ0) is 30.2. The molecule has 0 bridgehead atoms. The largest absolute Gasteiger partial charge is 0.481 e. The van der Waals surface area contributed by atoms with Crippen LogP contribution in [0.3, 0.4) is 0 Å². The van der Waals surface area contributed by atoms with Crippen LogP contribution < -0.4 is 10.2 Å². The lowest BCUT2D eigenvalue weighted by molar-refractivity contribution is -0.146. The van der Waals surface area contributed by atoms with Crippen molar-refractivity contribution in [2.75, 3.05) is 12.0 Å². The van der Waals surface area contributed by atoms with Crippen LogP contribution in [0.2, 0.25) is 5.02 Å². The van der Waals surface area contributed by atoms with Gasteiger partial charge in [0.1, 0.15) is 6.04 Å². The number of benzene rings is 2. The Morgan fingerprint density at radius 3 is 2.37 bits per heavy atom. The number of rotatable bonds is 11. The normalized spacial score (nSPS) is 11.8. The highest BCUT2D eigenvalue weighted by Gasteiger charge is 2.31. The SMILES string of the molecule is COC(=O)C(CCC(=O)O)NC(=O)CCC(=O)N(c1ccc(C(F)(F)F)cc1)c1nccc(-c2cccc(Cl)c2)n1. The molecule has 1 atom stereocenters. The molecule has 2 amide bonds. The fourth-order valence-electron chi connectivity index (χ4n) is 3.69. The number of aromatic nitrogens is 2. The van der Waals surface area contributed by atoms with Crippen molar-refractivity contribution in [1.29, 1.82) is 0 Å². The topological polar surface area (TPSA) is 139 Å². The summed E-state index contributed by atoms with van der Waals surface area (Å²) in [4.78, 5) is 58.2. The Balaban J connectivity index is 1.87. The van der Waals surface area contributed by atoms with Crippen LogP contribution in [0.4, 0.5) is 24.8 Å². The molecular weight excluding hydrogens is 569 g/mol. The van der Waals surface area contributed by atoms with Crippen LogP contribution in [0.25, 0.3) is 11.3 Å². The van der Waals surface area contributed by atoms with E-state index < -0.39 is 60.8 Å². The number of nitrogens with zero attached hydrogens (tertiary/aromatic N) is 3. The van der Waals surface area contributed by atoms with Crippen LogP contribution in [-0.4, -0.2) is 52.0 Å². The van der Waals surface area contributed by atoms with Gasteiger partial charge in [0.15, 0.2) is 0 Å². The maximum Gasteiger partial charge on any atom is 0.416 e. The Morgan fingerprint density at radius 1 is 1.05 bits per heavy atom. The number of carboxylic acid groups (broad SMARTS) is 1. The number of carbonyl (C=O) groups is 4. The van der Waals surface area contributed by atoms with Crippen molar-refractivity contribution in [3.63, 3.8) is 0 Å². The first-order chi connectivity index (χ1) is 19.4. The van der Waals surface area contributed by atoms with E-state index in [1.807, 2.05) is 0 Å². The Kier molecular flexibility index (Phi) is 10.4. The molecule has 0 radical (unpaired) electrons. The van der Waals surface area contributed by atoms with Crippen molar-refractivity contribution in [2.45, 2.75) is 37.9 Å². The Labute approximate surface area is 237 Å².